The molecule has 0 unspecified atom stereocenters. The number of nitrogens with zero attached hydrogens (tertiary/aromatic N) is 2. The zero-order chi connectivity index (χ0) is 17.7. The molecule has 0 aliphatic heterocycles. The van der Waals surface area contributed by atoms with Gasteiger partial charge in [0.2, 0.25) is 11.8 Å². The monoisotopic (exact) mass is 341 g/mol. The Balaban J connectivity index is 2.15. The number of nitrogens with one attached hydrogen (secondary N) is 1. The summed E-state index contributed by atoms with van der Waals surface area (Å²) in [5, 5.41) is 12.2. The van der Waals surface area contributed by atoms with Crippen LogP contribution in [0.1, 0.15) is 18.1 Å². The summed E-state index contributed by atoms with van der Waals surface area (Å²) in [6.45, 7) is 3.08. The van der Waals surface area contributed by atoms with Crippen molar-refractivity contribution in [2.24, 2.45) is 0 Å². The average Bonchev–Trinajstić information content (AvgIpc) is 2.56. The van der Waals surface area contributed by atoms with Gasteiger partial charge in [0.1, 0.15) is 6.54 Å². The highest BCUT2D eigenvalue weighted by Gasteiger charge is 2.16. The van der Waals surface area contributed by atoms with Gasteiger partial charge < -0.3 is 10.2 Å². The third-order valence-corrected chi connectivity index (χ3v) is 3.83. The molecule has 2 aromatic carbocycles. The number of carbonyl (C=O) groups is 2. The van der Waals surface area contributed by atoms with Gasteiger partial charge in [0.15, 0.2) is 0 Å². The first kappa shape index (κ1) is 17.5. The molecule has 0 atom stereocenters. The van der Waals surface area contributed by atoms with E-state index < -0.39 is 0 Å². The summed E-state index contributed by atoms with van der Waals surface area (Å²) in [7, 11) is 0. The van der Waals surface area contributed by atoms with Crippen molar-refractivity contribution in [3.63, 3.8) is 0 Å². The topological polar surface area (TPSA) is 73.2 Å². The van der Waals surface area contributed by atoms with Gasteiger partial charge in [-0.3, -0.25) is 9.59 Å². The minimum atomic E-state index is -0.354. The first-order valence-electron chi connectivity index (χ1n) is 7.25. The van der Waals surface area contributed by atoms with Crippen LogP contribution in [0.15, 0.2) is 42.5 Å². The van der Waals surface area contributed by atoms with Crippen molar-refractivity contribution < 1.29 is 9.59 Å². The van der Waals surface area contributed by atoms with Crippen LogP contribution >= 0.6 is 11.6 Å². The number of nitriles is 1. The highest BCUT2D eigenvalue weighted by molar-refractivity contribution is 6.31. The van der Waals surface area contributed by atoms with Crippen molar-refractivity contribution in [2.45, 2.75) is 13.8 Å². The van der Waals surface area contributed by atoms with Gasteiger partial charge in [0.05, 0.1) is 11.6 Å². The molecular formula is C18H16ClN3O2. The molecule has 24 heavy (non-hydrogen) atoms. The Bertz CT molecular complexity index is 827. The SMILES string of the molecule is CC(=O)N(CC(=O)Nc1ccc(C)c(Cl)c1)c1cccc(C#N)c1. The lowest BCUT2D eigenvalue weighted by Crippen LogP contribution is -2.36. The Labute approximate surface area is 145 Å². The molecule has 0 fully saturated rings. The predicted molar refractivity (Wildman–Crippen MR) is 94.0 cm³/mol. The van der Waals surface area contributed by atoms with E-state index in [4.69, 9.17) is 16.9 Å². The summed E-state index contributed by atoms with van der Waals surface area (Å²) in [6, 6.07) is 13.8. The second kappa shape index (κ2) is 7.62. The van der Waals surface area contributed by atoms with E-state index in [1.54, 1.807) is 42.5 Å². The zero-order valence-corrected chi connectivity index (χ0v) is 14.1. The van der Waals surface area contributed by atoms with E-state index in [-0.39, 0.29) is 18.4 Å². The molecule has 0 bridgehead atoms. The number of amides is 2. The maximum Gasteiger partial charge on any atom is 0.244 e. The quantitative estimate of drug-likeness (QED) is 0.924. The summed E-state index contributed by atoms with van der Waals surface area (Å²) in [6.07, 6.45) is 0. The maximum atomic E-state index is 12.2. The van der Waals surface area contributed by atoms with Crippen LogP contribution in [0.5, 0.6) is 0 Å². The second-order valence-electron chi connectivity index (χ2n) is 5.28. The zero-order valence-electron chi connectivity index (χ0n) is 13.3. The molecule has 122 valence electrons. The van der Waals surface area contributed by atoms with Crippen molar-refractivity contribution in [3.05, 3.63) is 58.6 Å². The minimum absolute atomic E-state index is 0.157. The molecule has 0 spiro atoms. The standard InChI is InChI=1S/C18H16ClN3O2/c1-12-6-7-15(9-17(12)19)21-18(24)11-22(13(2)23)16-5-3-4-14(8-16)10-20/h3-9H,11H2,1-2H3,(H,21,24). The van der Waals surface area contributed by atoms with Crippen molar-refractivity contribution in [3.8, 4) is 6.07 Å². The molecule has 2 rings (SSSR count). The van der Waals surface area contributed by atoms with Gasteiger partial charge in [-0.25, -0.2) is 0 Å². The third-order valence-electron chi connectivity index (χ3n) is 3.42. The fourth-order valence-corrected chi connectivity index (χ4v) is 2.32. The summed E-state index contributed by atoms with van der Waals surface area (Å²) < 4.78 is 0. The summed E-state index contributed by atoms with van der Waals surface area (Å²) in [4.78, 5) is 25.4. The largest absolute Gasteiger partial charge is 0.324 e. The number of hydrogen-bond donors (Lipinski definition) is 1. The molecule has 5 nitrogen and oxygen atoms in total. The van der Waals surface area contributed by atoms with E-state index in [2.05, 4.69) is 5.32 Å². The molecule has 0 aliphatic rings. The maximum absolute atomic E-state index is 12.2. The van der Waals surface area contributed by atoms with Crippen LogP contribution in [0.25, 0.3) is 0 Å². The van der Waals surface area contributed by atoms with Gasteiger partial charge in [-0.1, -0.05) is 23.7 Å². The van der Waals surface area contributed by atoms with Gasteiger partial charge in [-0.15, -0.1) is 0 Å². The van der Waals surface area contributed by atoms with Crippen molar-refractivity contribution in [1.29, 1.82) is 5.26 Å². The molecule has 0 saturated carbocycles. The van der Waals surface area contributed by atoms with E-state index >= 15 is 0 Å². The molecule has 1 N–H and O–H groups in total. The molecule has 6 heteroatoms. The van der Waals surface area contributed by atoms with Crippen molar-refractivity contribution >= 4 is 34.8 Å². The fourth-order valence-electron chi connectivity index (χ4n) is 2.14. The van der Waals surface area contributed by atoms with Crippen LogP contribution in [0.4, 0.5) is 11.4 Å². The number of hydrogen-bond acceptors (Lipinski definition) is 3. The summed E-state index contributed by atoms with van der Waals surface area (Å²) >= 11 is 6.04. The van der Waals surface area contributed by atoms with Crippen LogP contribution in [0.2, 0.25) is 5.02 Å². The molecule has 2 aromatic rings. The van der Waals surface area contributed by atoms with Crippen LogP contribution in [0.3, 0.4) is 0 Å². The first-order chi connectivity index (χ1) is 11.4. The summed E-state index contributed by atoms with van der Waals surface area (Å²) in [5.74, 6) is -0.644. The van der Waals surface area contributed by atoms with Gasteiger partial charge in [0, 0.05) is 23.3 Å². The molecule has 0 aromatic heterocycles. The molecular weight excluding hydrogens is 326 g/mol. The van der Waals surface area contributed by atoms with Gasteiger partial charge in [0.25, 0.3) is 0 Å². The lowest BCUT2D eigenvalue weighted by atomic mass is 10.2. The minimum Gasteiger partial charge on any atom is -0.324 e. The van der Waals surface area contributed by atoms with E-state index in [9.17, 15) is 9.59 Å². The number of carbonyl (C=O) groups excluding carboxylic acids is 2. The number of benzene rings is 2. The molecule has 0 saturated heterocycles. The smallest absolute Gasteiger partial charge is 0.244 e. The normalized spacial score (nSPS) is 9.92. The molecule has 0 aliphatic carbocycles. The Morgan fingerprint density at radius 3 is 2.62 bits per heavy atom. The van der Waals surface area contributed by atoms with Gasteiger partial charge in [-0.2, -0.15) is 5.26 Å². The van der Waals surface area contributed by atoms with E-state index in [1.807, 2.05) is 13.0 Å². The average molecular weight is 342 g/mol. The Kier molecular flexibility index (Phi) is 5.56. The van der Waals surface area contributed by atoms with Gasteiger partial charge >= 0.3 is 0 Å². The van der Waals surface area contributed by atoms with Crippen LogP contribution < -0.4 is 10.2 Å². The highest BCUT2D eigenvalue weighted by atomic mass is 35.5. The number of aryl methyl sites for hydroxylation is 1. The van der Waals surface area contributed by atoms with E-state index in [0.29, 0.717) is 22.0 Å². The number of rotatable bonds is 4. The Morgan fingerprint density at radius 2 is 2.00 bits per heavy atom. The Hall–Kier alpha value is -2.84. The second-order valence-corrected chi connectivity index (χ2v) is 5.69. The summed E-state index contributed by atoms with van der Waals surface area (Å²) in [5.41, 5.74) is 2.39. The molecule has 2 amide bonds. The number of halogens is 1. The Morgan fingerprint density at radius 1 is 1.25 bits per heavy atom. The first-order valence-corrected chi connectivity index (χ1v) is 7.63. The molecule has 0 radical (unpaired) electrons. The van der Waals surface area contributed by atoms with Crippen molar-refractivity contribution in [2.75, 3.05) is 16.8 Å². The predicted octanol–water partition coefficient (Wildman–Crippen LogP) is 3.51. The van der Waals surface area contributed by atoms with Crippen LogP contribution in [-0.4, -0.2) is 18.4 Å². The van der Waals surface area contributed by atoms with E-state index in [1.165, 1.54) is 11.8 Å². The van der Waals surface area contributed by atoms with E-state index in [0.717, 1.165) is 5.56 Å². The highest BCUT2D eigenvalue weighted by Crippen LogP contribution is 2.20. The van der Waals surface area contributed by atoms with Crippen LogP contribution in [-0.2, 0) is 9.59 Å². The lowest BCUT2D eigenvalue weighted by molar-refractivity contribution is -0.120. The number of anilines is 2. The lowest BCUT2D eigenvalue weighted by Gasteiger charge is -2.21. The molecule has 0 heterocycles. The fraction of sp³-hybridized carbons (Fsp3) is 0.167. The van der Waals surface area contributed by atoms with Crippen LogP contribution in [0, 0.1) is 18.3 Å². The third kappa shape index (κ3) is 4.34. The van der Waals surface area contributed by atoms with Gasteiger partial charge in [-0.05, 0) is 42.8 Å². The van der Waals surface area contributed by atoms with Crippen molar-refractivity contribution in [1.82, 2.24) is 0 Å².